The molecule has 0 spiro atoms. The lowest BCUT2D eigenvalue weighted by molar-refractivity contribution is -0.386. The van der Waals surface area contributed by atoms with Crippen LogP contribution in [0.3, 0.4) is 0 Å². The third kappa shape index (κ3) is 6.88. The third-order valence-electron chi connectivity index (χ3n) is 10.2. The maximum atomic E-state index is 13.6. The minimum Gasteiger partial charge on any atom is -0.394 e. The van der Waals surface area contributed by atoms with Gasteiger partial charge in [0, 0.05) is 6.42 Å². The number of rotatable bonds is 13. The minimum atomic E-state index is -2.59. The van der Waals surface area contributed by atoms with Gasteiger partial charge in [0.2, 0.25) is 0 Å². The summed E-state index contributed by atoms with van der Waals surface area (Å²) in [5.41, 5.74) is 0. The zero-order valence-corrected chi connectivity index (χ0v) is 27.2. The van der Waals surface area contributed by atoms with Gasteiger partial charge in [-0.2, -0.15) is 0 Å². The molecular formula is C30H48O20. The molecule has 0 radical (unpaired) electrons. The Morgan fingerprint density at radius 3 is 1.96 bits per heavy atom. The molecule has 20 nitrogen and oxygen atoms in total. The van der Waals surface area contributed by atoms with E-state index in [9.17, 15) is 55.9 Å². The first-order chi connectivity index (χ1) is 23.9. The smallest absolute Gasteiger partial charge is 0.259 e. The summed E-state index contributed by atoms with van der Waals surface area (Å²) in [4.78, 5) is 13.6. The van der Waals surface area contributed by atoms with Crippen molar-refractivity contribution in [1.29, 1.82) is 0 Å². The standard InChI is InChI=1S/C30H48O20/c1-2-3-4-5-14(33)30(26(40)17(36)15(34)11(7-32)49-30)50-22-13-9-43-25(22)20(39)29(46-13)48-23-16(35)10(6-31)45-28(19(23)38)47-21-12-8-42-24(21)18(37)27(41)44-12/h10-13,15-29,31-32,34-41H,2-9H2,1H3/t10-,11-,12+,13+,15+,16-,17+,18+,19-,20+,21+,22+,23+,24+,25+,26-,27-,28+,29+,30-/m1/s1. The fourth-order valence-electron chi connectivity index (χ4n) is 7.37. The van der Waals surface area contributed by atoms with Crippen molar-refractivity contribution in [3.8, 4) is 0 Å². The number of fused-ring (bicyclic) bond motifs is 4. The van der Waals surface area contributed by atoms with Crippen molar-refractivity contribution in [2.75, 3.05) is 26.4 Å². The van der Waals surface area contributed by atoms with Gasteiger partial charge < -0.3 is 93.7 Å². The summed E-state index contributed by atoms with van der Waals surface area (Å²) in [5, 5.41) is 106. The summed E-state index contributed by atoms with van der Waals surface area (Å²) in [7, 11) is 0. The molecule has 6 rings (SSSR count). The van der Waals surface area contributed by atoms with E-state index < -0.39 is 141 Å². The molecule has 0 amide bonds. The van der Waals surface area contributed by atoms with Crippen LogP contribution in [0.1, 0.15) is 32.6 Å². The van der Waals surface area contributed by atoms with E-state index >= 15 is 0 Å². The van der Waals surface area contributed by atoms with E-state index in [2.05, 4.69) is 0 Å². The van der Waals surface area contributed by atoms with E-state index in [-0.39, 0.29) is 19.6 Å². The van der Waals surface area contributed by atoms with Crippen LogP contribution in [0, 0.1) is 0 Å². The van der Waals surface area contributed by atoms with Gasteiger partial charge in [-0.25, -0.2) is 0 Å². The molecule has 0 aliphatic carbocycles. The molecule has 50 heavy (non-hydrogen) atoms. The van der Waals surface area contributed by atoms with Crippen LogP contribution in [0.15, 0.2) is 0 Å². The van der Waals surface area contributed by atoms with Gasteiger partial charge in [0.25, 0.3) is 5.79 Å². The summed E-state index contributed by atoms with van der Waals surface area (Å²) >= 11 is 0. The first kappa shape index (κ1) is 38.6. The molecule has 0 aromatic carbocycles. The predicted molar refractivity (Wildman–Crippen MR) is 155 cm³/mol. The van der Waals surface area contributed by atoms with Gasteiger partial charge in [-0.3, -0.25) is 4.79 Å². The van der Waals surface area contributed by atoms with Crippen LogP contribution in [0.25, 0.3) is 0 Å². The Morgan fingerprint density at radius 1 is 0.680 bits per heavy atom. The van der Waals surface area contributed by atoms with E-state index in [1.165, 1.54) is 0 Å². The maximum Gasteiger partial charge on any atom is 0.259 e. The van der Waals surface area contributed by atoms with Crippen LogP contribution in [-0.4, -0.2) is 206 Å². The summed E-state index contributed by atoms with van der Waals surface area (Å²) in [6.45, 7) is 0.0703. The van der Waals surface area contributed by atoms with Crippen LogP contribution >= 0.6 is 0 Å². The monoisotopic (exact) mass is 728 g/mol. The van der Waals surface area contributed by atoms with E-state index in [0.29, 0.717) is 12.8 Å². The average Bonchev–Trinajstić information content (AvgIpc) is 3.59. The Morgan fingerprint density at radius 2 is 1.30 bits per heavy atom. The molecule has 0 aromatic heterocycles. The van der Waals surface area contributed by atoms with Crippen molar-refractivity contribution < 1.29 is 98.5 Å². The van der Waals surface area contributed by atoms with Crippen molar-refractivity contribution >= 4 is 5.78 Å². The number of ether oxygens (including phenoxy) is 9. The zero-order chi connectivity index (χ0) is 36.1. The van der Waals surface area contributed by atoms with Crippen molar-refractivity contribution in [2.45, 2.75) is 155 Å². The molecule has 6 aliphatic heterocycles. The number of aliphatic hydroxyl groups excluding tert-OH is 10. The number of Topliss-reactive ketones (excluding diaryl/α,β-unsaturated/α-hetero) is 1. The first-order valence-corrected chi connectivity index (χ1v) is 16.9. The SMILES string of the molecule is CCCCCC(=O)[C@]1(O[C@@H]2[C@H]3OC[C@@H]2O[C@@H](O[C@@H]2[C@@H](O)[C@H](O[C@@H]4[C@H]5OC[C@@H]4O[C@@H](O)[C@H]5O)O[C@H](CO)[C@H]2O)[C@H]3O)O[C@H](CO)[C@H](O)[C@H](O)[C@H]1O. The highest BCUT2D eigenvalue weighted by Gasteiger charge is 2.64. The molecular weight excluding hydrogens is 680 g/mol. The quantitative estimate of drug-likeness (QED) is 0.0789. The molecule has 288 valence electrons. The van der Waals surface area contributed by atoms with Crippen molar-refractivity contribution in [2.24, 2.45) is 0 Å². The normalized spacial score (nSPS) is 51.9. The van der Waals surface area contributed by atoms with E-state index in [1.807, 2.05) is 6.92 Å². The lowest BCUT2D eigenvalue weighted by Gasteiger charge is -2.50. The summed E-state index contributed by atoms with van der Waals surface area (Å²) < 4.78 is 51.6. The number of aliphatic hydroxyl groups is 10. The highest BCUT2D eigenvalue weighted by atomic mass is 16.8. The van der Waals surface area contributed by atoms with Crippen LogP contribution in [0.2, 0.25) is 0 Å². The lowest BCUT2D eigenvalue weighted by atomic mass is 9.87. The number of carbonyl (C=O) groups is 1. The predicted octanol–water partition coefficient (Wildman–Crippen LogP) is -6.14. The second-order valence-corrected chi connectivity index (χ2v) is 13.5. The fourth-order valence-corrected chi connectivity index (χ4v) is 7.37. The Kier molecular flexibility index (Phi) is 12.1. The van der Waals surface area contributed by atoms with E-state index in [1.54, 1.807) is 0 Å². The van der Waals surface area contributed by atoms with Gasteiger partial charge in [-0.05, 0) is 6.42 Å². The van der Waals surface area contributed by atoms with Gasteiger partial charge in [0.1, 0.15) is 97.7 Å². The molecule has 0 saturated carbocycles. The topological polar surface area (TPSA) is 302 Å². The van der Waals surface area contributed by atoms with Gasteiger partial charge in [-0.1, -0.05) is 19.8 Å². The number of carbonyl (C=O) groups excluding carboxylic acids is 1. The molecule has 0 aromatic rings. The summed E-state index contributed by atoms with van der Waals surface area (Å²) in [5.74, 6) is -3.37. The van der Waals surface area contributed by atoms with Crippen molar-refractivity contribution in [1.82, 2.24) is 0 Å². The molecule has 10 N–H and O–H groups in total. The van der Waals surface area contributed by atoms with Gasteiger partial charge >= 0.3 is 0 Å². The number of hydrogen-bond acceptors (Lipinski definition) is 20. The van der Waals surface area contributed by atoms with Gasteiger partial charge in [0.15, 0.2) is 24.7 Å². The third-order valence-corrected chi connectivity index (χ3v) is 10.2. The van der Waals surface area contributed by atoms with Crippen LogP contribution in [0.4, 0.5) is 0 Å². The molecule has 20 atom stereocenters. The lowest BCUT2D eigenvalue weighted by Crippen LogP contribution is -2.71. The Balaban J connectivity index is 1.18. The van der Waals surface area contributed by atoms with Gasteiger partial charge in [0.05, 0.1) is 26.4 Å². The van der Waals surface area contributed by atoms with E-state index in [4.69, 9.17) is 42.6 Å². The van der Waals surface area contributed by atoms with Crippen molar-refractivity contribution in [3.05, 3.63) is 0 Å². The van der Waals surface area contributed by atoms with E-state index in [0.717, 1.165) is 6.42 Å². The second-order valence-electron chi connectivity index (χ2n) is 13.5. The van der Waals surface area contributed by atoms with Crippen LogP contribution in [0.5, 0.6) is 0 Å². The molecule has 6 aliphatic rings. The number of ketones is 1. The molecule has 4 bridgehead atoms. The largest absolute Gasteiger partial charge is 0.394 e. The maximum absolute atomic E-state index is 13.6. The van der Waals surface area contributed by atoms with Gasteiger partial charge in [-0.15, -0.1) is 0 Å². The minimum absolute atomic E-state index is 0.0414. The molecule has 0 unspecified atom stereocenters. The fraction of sp³-hybridized carbons (Fsp3) is 0.967. The molecule has 20 heteroatoms. The summed E-state index contributed by atoms with van der Waals surface area (Å²) in [6.07, 6.45) is -26.8. The van der Waals surface area contributed by atoms with Crippen LogP contribution < -0.4 is 0 Å². The zero-order valence-electron chi connectivity index (χ0n) is 27.2. The second kappa shape index (κ2) is 15.7. The molecule has 6 fully saturated rings. The highest BCUT2D eigenvalue weighted by molar-refractivity contribution is 5.87. The van der Waals surface area contributed by atoms with Crippen LogP contribution in [-0.2, 0) is 47.4 Å². The highest BCUT2D eigenvalue weighted by Crippen LogP contribution is 2.42. The Labute approximate surface area is 285 Å². The summed E-state index contributed by atoms with van der Waals surface area (Å²) in [6, 6.07) is 0. The molecule has 6 saturated heterocycles. The Bertz CT molecular complexity index is 1150. The molecule has 6 heterocycles. The number of hydrogen-bond donors (Lipinski definition) is 10. The average molecular weight is 729 g/mol. The van der Waals surface area contributed by atoms with Crippen molar-refractivity contribution in [3.63, 3.8) is 0 Å². The first-order valence-electron chi connectivity index (χ1n) is 16.9. The number of unbranched alkanes of at least 4 members (excludes halogenated alkanes) is 2. The Hall–Kier alpha value is -1.09.